The molecule has 1 saturated heterocycles. The molecule has 0 bridgehead atoms. The lowest BCUT2D eigenvalue weighted by Crippen LogP contribution is -2.54. The number of benzene rings is 1. The third-order valence-corrected chi connectivity index (χ3v) is 11.7. The number of imide groups is 1. The molecule has 3 amide bonds. The third kappa shape index (κ3) is 10.3. The van der Waals surface area contributed by atoms with Crippen LogP contribution in [0.2, 0.25) is 0 Å². The average molecular weight is 747 g/mol. The van der Waals surface area contributed by atoms with Crippen molar-refractivity contribution >= 4 is 34.7 Å². The second-order valence-electron chi connectivity index (χ2n) is 14.7. The number of allylic oxidation sites excluding steroid dienone is 1. The van der Waals surface area contributed by atoms with Gasteiger partial charge in [0.05, 0.1) is 18.3 Å². The fraction of sp³-hybridized carbons (Fsp3) is 0.595. The number of carbonyl (C=O) groups is 3. The number of nitrogens with zero attached hydrogens (tertiary/aromatic N) is 5. The minimum Gasteiger partial charge on any atom is -0.497 e. The van der Waals surface area contributed by atoms with Crippen molar-refractivity contribution in [1.29, 1.82) is 10.7 Å². The maximum Gasteiger partial charge on any atom is 0.290 e. The van der Waals surface area contributed by atoms with Gasteiger partial charge in [0.2, 0.25) is 0 Å². The van der Waals surface area contributed by atoms with Gasteiger partial charge in [0.1, 0.15) is 17.4 Å². The topological polar surface area (TPSA) is 121 Å². The van der Waals surface area contributed by atoms with Gasteiger partial charge in [-0.25, -0.2) is 5.01 Å². The van der Waals surface area contributed by atoms with Gasteiger partial charge >= 0.3 is 0 Å². The van der Waals surface area contributed by atoms with Gasteiger partial charge in [0.15, 0.2) is 5.17 Å². The molecule has 2 aliphatic heterocycles. The van der Waals surface area contributed by atoms with E-state index in [1.54, 1.807) is 30.3 Å². The molecule has 2 aliphatic rings. The summed E-state index contributed by atoms with van der Waals surface area (Å²) in [5.74, 6) is -0.607. The monoisotopic (exact) mass is 746 g/mol. The van der Waals surface area contributed by atoms with Gasteiger partial charge in [-0.1, -0.05) is 91.3 Å². The highest BCUT2D eigenvalue weighted by molar-refractivity contribution is 8.17. The van der Waals surface area contributed by atoms with Crippen molar-refractivity contribution < 1.29 is 19.1 Å². The Hall–Kier alpha value is -4.04. The molecule has 53 heavy (non-hydrogen) atoms. The standard InChI is InChI=1S/C42H62N6O4S/c1-11-16-19-29(14-4)27-47(28-30(15-5)20-17-12-2)41(44)53-36(37-42(6,7)45(37)8)25-34-33(18-13-3)35(26-43)40(51)48(39(34)50)46(9)38(49)31-21-23-32(52-10)24-22-31/h21-25,29-30,44H,11-20,27-28H2,1-10H3/b34-25-,37-36+,44-41?. The van der Waals surface area contributed by atoms with Crippen LogP contribution in [0.15, 0.2) is 57.7 Å². The first-order valence-corrected chi connectivity index (χ1v) is 20.2. The number of hydrogen-bond acceptors (Lipinski definition) is 8. The van der Waals surface area contributed by atoms with Crippen LogP contribution in [0.1, 0.15) is 123 Å². The molecule has 0 aromatic heterocycles. The quantitative estimate of drug-likeness (QED) is 0.0490. The summed E-state index contributed by atoms with van der Waals surface area (Å²) in [7, 11) is 4.89. The van der Waals surface area contributed by atoms with Gasteiger partial charge in [-0.3, -0.25) is 19.8 Å². The van der Waals surface area contributed by atoms with Crippen LogP contribution >= 0.6 is 11.8 Å². The normalized spacial score (nSPS) is 18.2. The maximum atomic E-state index is 14.5. The van der Waals surface area contributed by atoms with E-state index >= 15 is 0 Å². The zero-order chi connectivity index (χ0) is 39.5. The van der Waals surface area contributed by atoms with E-state index in [1.165, 1.54) is 25.9 Å². The van der Waals surface area contributed by atoms with E-state index in [0.717, 1.165) is 85.1 Å². The zero-order valence-electron chi connectivity index (χ0n) is 33.8. The molecular formula is C42H62N6O4S. The summed E-state index contributed by atoms with van der Waals surface area (Å²) in [6.45, 7) is 16.6. The number of likely N-dealkylation sites (N-methyl/N-ethyl adjacent to an activating group) is 1. The number of unbranched alkanes of at least 4 members (excludes halogenated alkanes) is 2. The molecule has 1 aromatic carbocycles. The Balaban J connectivity index is 2.14. The number of nitriles is 1. The molecule has 1 N–H and O–H groups in total. The van der Waals surface area contributed by atoms with Crippen molar-refractivity contribution in [2.45, 2.75) is 118 Å². The molecule has 2 heterocycles. The molecule has 3 rings (SSSR count). The van der Waals surface area contributed by atoms with Gasteiger partial charge in [0.25, 0.3) is 17.7 Å². The molecule has 11 heteroatoms. The summed E-state index contributed by atoms with van der Waals surface area (Å²) in [5, 5.41) is 22.1. The Kier molecular flexibility index (Phi) is 16.3. The summed E-state index contributed by atoms with van der Waals surface area (Å²) in [6, 6.07) is 8.46. The van der Waals surface area contributed by atoms with Crippen molar-refractivity contribution in [2.75, 3.05) is 34.3 Å². The first-order chi connectivity index (χ1) is 25.2. The van der Waals surface area contributed by atoms with Crippen molar-refractivity contribution in [3.05, 3.63) is 63.2 Å². The molecule has 2 atom stereocenters. The highest BCUT2D eigenvalue weighted by Gasteiger charge is 2.49. The lowest BCUT2D eigenvalue weighted by Gasteiger charge is -2.34. The number of nitrogens with one attached hydrogen (secondary N) is 1. The minimum atomic E-state index is -0.831. The van der Waals surface area contributed by atoms with Crippen LogP contribution in [-0.2, 0) is 9.59 Å². The van der Waals surface area contributed by atoms with E-state index in [1.807, 2.05) is 14.0 Å². The maximum absolute atomic E-state index is 14.5. The molecule has 1 aromatic rings. The van der Waals surface area contributed by atoms with Crippen LogP contribution in [-0.4, -0.2) is 82.5 Å². The van der Waals surface area contributed by atoms with Crippen LogP contribution in [0.4, 0.5) is 0 Å². The summed E-state index contributed by atoms with van der Waals surface area (Å²) < 4.78 is 5.22. The van der Waals surface area contributed by atoms with Crippen LogP contribution in [0.5, 0.6) is 5.75 Å². The highest BCUT2D eigenvalue weighted by Crippen LogP contribution is 2.49. The minimum absolute atomic E-state index is 0.162. The van der Waals surface area contributed by atoms with Crippen molar-refractivity contribution in [2.24, 2.45) is 11.8 Å². The van der Waals surface area contributed by atoms with E-state index in [-0.39, 0.29) is 22.2 Å². The predicted octanol–water partition coefficient (Wildman–Crippen LogP) is 8.94. The van der Waals surface area contributed by atoms with Gasteiger partial charge in [-0.2, -0.15) is 10.3 Å². The first kappa shape index (κ1) is 43.4. The first-order valence-electron chi connectivity index (χ1n) is 19.4. The second-order valence-corrected chi connectivity index (χ2v) is 15.8. The molecule has 2 unspecified atom stereocenters. The van der Waals surface area contributed by atoms with E-state index in [2.05, 4.69) is 57.4 Å². The number of amides is 3. The molecular weight excluding hydrogens is 685 g/mol. The van der Waals surface area contributed by atoms with Crippen LogP contribution in [0, 0.1) is 28.6 Å². The van der Waals surface area contributed by atoms with Crippen LogP contribution in [0.3, 0.4) is 0 Å². The van der Waals surface area contributed by atoms with E-state index in [9.17, 15) is 25.1 Å². The highest BCUT2D eigenvalue weighted by atomic mass is 32.2. The fourth-order valence-corrected chi connectivity index (χ4v) is 8.10. The van der Waals surface area contributed by atoms with Gasteiger partial charge in [0, 0.05) is 43.2 Å². The predicted molar refractivity (Wildman–Crippen MR) is 215 cm³/mol. The van der Waals surface area contributed by atoms with Gasteiger partial charge in [-0.05, 0) is 80.9 Å². The lowest BCUT2D eigenvalue weighted by atomic mass is 9.91. The Labute approximate surface area is 322 Å². The third-order valence-electron chi connectivity index (χ3n) is 10.7. The fourth-order valence-electron chi connectivity index (χ4n) is 6.95. The average Bonchev–Trinajstić information content (AvgIpc) is 3.66. The van der Waals surface area contributed by atoms with Crippen molar-refractivity contribution in [3.8, 4) is 11.8 Å². The summed E-state index contributed by atoms with van der Waals surface area (Å²) >= 11 is 1.34. The Morgan fingerprint density at radius 2 is 1.53 bits per heavy atom. The molecule has 0 saturated carbocycles. The number of hydrazine groups is 1. The van der Waals surface area contributed by atoms with E-state index in [4.69, 9.17) is 4.74 Å². The molecule has 1 fully saturated rings. The number of hydrogen-bond donors (Lipinski definition) is 1. The SMILES string of the molecule is CCCCC(CC)CN(CC(CC)CCCC)C(=N)SC(/C=C1\C(=O)N(N(C)C(=O)c2ccc(OC)cc2)C(=O)C(C#N)=C1CCC)=C1/N(C)C1(C)C. The Morgan fingerprint density at radius 3 is 1.96 bits per heavy atom. The molecule has 0 aliphatic carbocycles. The van der Waals surface area contributed by atoms with E-state index < -0.39 is 17.7 Å². The van der Waals surface area contributed by atoms with Crippen LogP contribution < -0.4 is 4.74 Å². The van der Waals surface area contributed by atoms with Crippen LogP contribution in [0.25, 0.3) is 0 Å². The molecule has 10 nitrogen and oxygen atoms in total. The second kappa shape index (κ2) is 19.9. The molecule has 290 valence electrons. The van der Waals surface area contributed by atoms with Gasteiger partial charge < -0.3 is 14.5 Å². The van der Waals surface area contributed by atoms with E-state index in [0.29, 0.717) is 41.2 Å². The summed E-state index contributed by atoms with van der Waals surface area (Å²) in [4.78, 5) is 47.2. The Morgan fingerprint density at radius 1 is 0.981 bits per heavy atom. The number of carbonyl (C=O) groups excluding carboxylic acids is 3. The Bertz CT molecular complexity index is 1600. The zero-order valence-corrected chi connectivity index (χ0v) is 34.6. The van der Waals surface area contributed by atoms with Gasteiger partial charge in [-0.15, -0.1) is 0 Å². The lowest BCUT2D eigenvalue weighted by molar-refractivity contribution is -0.153. The molecule has 0 radical (unpaired) electrons. The summed E-state index contributed by atoms with van der Waals surface area (Å²) in [6.07, 6.45) is 11.6. The largest absolute Gasteiger partial charge is 0.497 e. The number of amidine groups is 1. The van der Waals surface area contributed by atoms with Crippen molar-refractivity contribution in [1.82, 2.24) is 19.8 Å². The number of thioether (sulfide) groups is 1. The molecule has 0 spiro atoms. The number of rotatable bonds is 19. The number of ether oxygens (including phenoxy) is 1. The summed E-state index contributed by atoms with van der Waals surface area (Å²) in [5.41, 5.74) is 1.31. The smallest absolute Gasteiger partial charge is 0.290 e. The number of methoxy groups -OCH3 is 1. The van der Waals surface area contributed by atoms with Crippen molar-refractivity contribution in [3.63, 3.8) is 0 Å².